The summed E-state index contributed by atoms with van der Waals surface area (Å²) in [7, 11) is 0. The molecule has 1 heterocycles. The first-order valence-electron chi connectivity index (χ1n) is 5.10. The van der Waals surface area contributed by atoms with Crippen LogP contribution >= 0.6 is 0 Å². The summed E-state index contributed by atoms with van der Waals surface area (Å²) in [6.07, 6.45) is 1.02. The van der Waals surface area contributed by atoms with Gasteiger partial charge in [-0.1, -0.05) is 12.1 Å². The molecule has 0 aromatic heterocycles. The first-order valence-corrected chi connectivity index (χ1v) is 5.10. The van der Waals surface area contributed by atoms with Gasteiger partial charge in [-0.15, -0.1) is 0 Å². The van der Waals surface area contributed by atoms with Crippen molar-refractivity contribution < 1.29 is 0 Å². The molecule has 1 aliphatic rings. The van der Waals surface area contributed by atoms with E-state index in [9.17, 15) is 0 Å². The van der Waals surface area contributed by atoms with Crippen LogP contribution in [-0.4, -0.2) is 11.6 Å². The molecule has 1 aromatic rings. The topological polar surface area (TPSA) is 24.7 Å². The lowest BCUT2D eigenvalue weighted by Gasteiger charge is -2.19. The lowest BCUT2D eigenvalue weighted by atomic mass is 9.97. The molecule has 0 amide bonds. The Bertz CT molecular complexity index is 446. The van der Waals surface area contributed by atoms with Crippen LogP contribution in [0.25, 0.3) is 0 Å². The molecule has 2 rings (SSSR count). The predicted molar refractivity (Wildman–Crippen MR) is 56.9 cm³/mol. The number of benzene rings is 1. The van der Waals surface area contributed by atoms with Crippen molar-refractivity contribution in [3.8, 4) is 0 Å². The van der Waals surface area contributed by atoms with Gasteiger partial charge in [0.05, 0.1) is 22.3 Å². The zero-order valence-electron chi connectivity index (χ0n) is 8.99. The van der Waals surface area contributed by atoms with E-state index in [4.69, 9.17) is 4.99 Å². The van der Waals surface area contributed by atoms with E-state index in [-0.39, 0.29) is 5.54 Å². The quantitative estimate of drug-likeness (QED) is 0.589. The number of hydrogen-bond acceptors (Lipinski definition) is 2. The van der Waals surface area contributed by atoms with Crippen molar-refractivity contribution in [1.82, 2.24) is 0 Å². The minimum atomic E-state index is 0.00944. The number of nitrogens with zero attached hydrogens (tertiary/aromatic N) is 2. The summed E-state index contributed by atoms with van der Waals surface area (Å²) in [6, 6.07) is 8.47. The van der Waals surface area contributed by atoms with Crippen LogP contribution in [0.5, 0.6) is 0 Å². The molecule has 0 fully saturated rings. The number of rotatable bonds is 0. The Morgan fingerprint density at radius 1 is 1.21 bits per heavy atom. The van der Waals surface area contributed by atoms with Crippen LogP contribution in [0.15, 0.2) is 34.3 Å². The maximum atomic E-state index is 4.73. The highest BCUT2D eigenvalue weighted by Gasteiger charge is 2.21. The van der Waals surface area contributed by atoms with Crippen molar-refractivity contribution in [2.24, 2.45) is 9.98 Å². The molecule has 1 unspecified atom stereocenters. The molecule has 1 aromatic carbocycles. The van der Waals surface area contributed by atoms with Crippen molar-refractivity contribution in [2.45, 2.75) is 38.8 Å². The van der Waals surface area contributed by atoms with Crippen LogP contribution in [0.3, 0.4) is 0 Å². The van der Waals surface area contributed by atoms with E-state index in [0.717, 1.165) is 17.1 Å². The summed E-state index contributed by atoms with van der Waals surface area (Å²) >= 11 is 0. The first-order chi connectivity index (χ1) is 6.57. The first kappa shape index (κ1) is 9.38. The van der Waals surface area contributed by atoms with Crippen LogP contribution in [0.2, 0.25) is 0 Å². The van der Waals surface area contributed by atoms with E-state index < -0.39 is 0 Å². The van der Waals surface area contributed by atoms with Gasteiger partial charge in [-0.3, -0.25) is 9.98 Å². The maximum absolute atomic E-state index is 4.73. The molecule has 0 radical (unpaired) electrons. The third kappa shape index (κ3) is 1.84. The van der Waals surface area contributed by atoms with Gasteiger partial charge in [-0.05, 0) is 39.3 Å². The fraction of sp³-hybridized carbons (Fsp3) is 0.500. The Morgan fingerprint density at radius 2 is 1.86 bits per heavy atom. The van der Waals surface area contributed by atoms with Crippen molar-refractivity contribution >= 4 is 0 Å². The summed E-state index contributed by atoms with van der Waals surface area (Å²) < 4.78 is 0. The third-order valence-electron chi connectivity index (χ3n) is 2.46. The summed E-state index contributed by atoms with van der Waals surface area (Å²) in [5, 5.41) is 2.06. The Kier molecular flexibility index (Phi) is 2.14. The summed E-state index contributed by atoms with van der Waals surface area (Å²) in [5.41, 5.74) is 0.00944. The predicted octanol–water partition coefficient (Wildman–Crippen LogP) is 1.50. The minimum absolute atomic E-state index is 0.00944. The smallest absolute Gasteiger partial charge is 0.0833 e. The third-order valence-corrected chi connectivity index (χ3v) is 2.46. The monoisotopic (exact) mass is 188 g/mol. The molecule has 1 aliphatic heterocycles. The van der Waals surface area contributed by atoms with Crippen LogP contribution in [0.4, 0.5) is 0 Å². The molecular weight excluding hydrogens is 172 g/mol. The second-order valence-corrected chi connectivity index (χ2v) is 4.60. The SMILES string of the molecule is CC1CC(C)(C)N=c2ccccc2=N1. The van der Waals surface area contributed by atoms with E-state index in [0.29, 0.717) is 6.04 Å². The molecular formula is C12H16N2. The van der Waals surface area contributed by atoms with Gasteiger partial charge in [0.15, 0.2) is 0 Å². The van der Waals surface area contributed by atoms with Gasteiger partial charge >= 0.3 is 0 Å². The molecule has 14 heavy (non-hydrogen) atoms. The standard InChI is InChI=1S/C12H16N2/c1-9-8-12(2,3)14-11-7-5-4-6-10(11)13-9/h4-7,9H,8H2,1-3H3. The van der Waals surface area contributed by atoms with Gasteiger partial charge in [-0.25, -0.2) is 0 Å². The highest BCUT2D eigenvalue weighted by molar-refractivity contribution is 5.04. The lowest BCUT2D eigenvalue weighted by Crippen LogP contribution is -2.27. The van der Waals surface area contributed by atoms with Gasteiger partial charge in [0, 0.05) is 0 Å². The van der Waals surface area contributed by atoms with E-state index in [2.05, 4.69) is 25.8 Å². The Morgan fingerprint density at radius 3 is 2.57 bits per heavy atom. The van der Waals surface area contributed by atoms with Crippen LogP contribution in [0.1, 0.15) is 27.2 Å². The average molecular weight is 188 g/mol. The maximum Gasteiger partial charge on any atom is 0.0833 e. The van der Waals surface area contributed by atoms with Crippen molar-refractivity contribution in [3.05, 3.63) is 35.0 Å². The van der Waals surface area contributed by atoms with Crippen molar-refractivity contribution in [2.75, 3.05) is 0 Å². The van der Waals surface area contributed by atoms with Crippen LogP contribution < -0.4 is 10.7 Å². The molecule has 0 bridgehead atoms. The van der Waals surface area contributed by atoms with Gasteiger partial charge in [0.1, 0.15) is 0 Å². The Balaban J connectivity index is 2.72. The van der Waals surface area contributed by atoms with Crippen LogP contribution in [0, 0.1) is 0 Å². The zero-order chi connectivity index (χ0) is 10.2. The molecule has 0 spiro atoms. The van der Waals surface area contributed by atoms with Crippen molar-refractivity contribution in [1.29, 1.82) is 0 Å². The Hall–Kier alpha value is -1.18. The average Bonchev–Trinajstić information content (AvgIpc) is 2.16. The highest BCUT2D eigenvalue weighted by Crippen LogP contribution is 2.18. The number of para-hydroxylation sites is 2. The molecule has 0 saturated carbocycles. The molecule has 2 nitrogen and oxygen atoms in total. The largest absolute Gasteiger partial charge is 0.280 e. The minimum Gasteiger partial charge on any atom is -0.280 e. The summed E-state index contributed by atoms with van der Waals surface area (Å²) in [4.78, 5) is 9.37. The zero-order valence-corrected chi connectivity index (χ0v) is 8.99. The summed E-state index contributed by atoms with van der Waals surface area (Å²) in [6.45, 7) is 6.49. The molecule has 0 aliphatic carbocycles. The fourth-order valence-electron chi connectivity index (χ4n) is 2.05. The summed E-state index contributed by atoms with van der Waals surface area (Å²) in [5.74, 6) is 0. The van der Waals surface area contributed by atoms with Gasteiger partial charge in [-0.2, -0.15) is 0 Å². The van der Waals surface area contributed by atoms with E-state index >= 15 is 0 Å². The molecule has 0 saturated heterocycles. The molecule has 74 valence electrons. The van der Waals surface area contributed by atoms with Gasteiger partial charge < -0.3 is 0 Å². The Labute approximate surface area is 84.4 Å². The van der Waals surface area contributed by atoms with Gasteiger partial charge in [0.25, 0.3) is 0 Å². The fourth-order valence-corrected chi connectivity index (χ4v) is 2.05. The van der Waals surface area contributed by atoms with E-state index in [1.807, 2.05) is 24.3 Å². The van der Waals surface area contributed by atoms with E-state index in [1.165, 1.54) is 0 Å². The number of hydrogen-bond donors (Lipinski definition) is 0. The lowest BCUT2D eigenvalue weighted by molar-refractivity contribution is 0.437. The van der Waals surface area contributed by atoms with Crippen molar-refractivity contribution in [3.63, 3.8) is 0 Å². The van der Waals surface area contributed by atoms with Gasteiger partial charge in [0.2, 0.25) is 0 Å². The molecule has 1 atom stereocenters. The number of fused-ring (bicyclic) bond motifs is 1. The molecule has 0 N–H and O–H groups in total. The van der Waals surface area contributed by atoms with Crippen LogP contribution in [-0.2, 0) is 0 Å². The second-order valence-electron chi connectivity index (χ2n) is 4.60. The van der Waals surface area contributed by atoms with E-state index in [1.54, 1.807) is 0 Å². The highest BCUT2D eigenvalue weighted by atomic mass is 14.9. The normalized spacial score (nSPS) is 24.1. The second kappa shape index (κ2) is 3.19. The molecule has 2 heteroatoms.